The number of carbonyl (C=O) groups is 1. The van der Waals surface area contributed by atoms with Crippen LogP contribution in [0.3, 0.4) is 0 Å². The molecule has 0 spiro atoms. The summed E-state index contributed by atoms with van der Waals surface area (Å²) in [6.45, 7) is 1.13. The molecule has 92 valence electrons. The van der Waals surface area contributed by atoms with Gasteiger partial charge in [0.1, 0.15) is 6.10 Å². The molecule has 0 bridgehead atoms. The molecule has 18 heavy (non-hydrogen) atoms. The third-order valence-corrected chi connectivity index (χ3v) is 2.79. The van der Waals surface area contributed by atoms with Crippen LogP contribution in [-0.4, -0.2) is 35.0 Å². The highest BCUT2D eigenvalue weighted by molar-refractivity contribution is 5.92. The van der Waals surface area contributed by atoms with Crippen molar-refractivity contribution in [3.8, 4) is 5.88 Å². The van der Waals surface area contributed by atoms with Crippen LogP contribution in [0.2, 0.25) is 0 Å². The van der Waals surface area contributed by atoms with Crippen molar-refractivity contribution in [1.82, 2.24) is 9.88 Å². The van der Waals surface area contributed by atoms with Crippen molar-refractivity contribution in [2.75, 3.05) is 13.1 Å². The quantitative estimate of drug-likeness (QED) is 0.822. The fraction of sp³-hybridized carbons (Fsp3) is 0.231. The highest BCUT2D eigenvalue weighted by Gasteiger charge is 2.34. The Morgan fingerprint density at radius 3 is 2.89 bits per heavy atom. The van der Waals surface area contributed by atoms with E-state index in [2.05, 4.69) is 4.98 Å². The Morgan fingerprint density at radius 1 is 1.33 bits per heavy atom. The Morgan fingerprint density at radius 2 is 2.22 bits per heavy atom. The Kier molecular flexibility index (Phi) is 2.72. The molecule has 0 unspecified atom stereocenters. The first-order valence-electron chi connectivity index (χ1n) is 5.73. The fourth-order valence-corrected chi connectivity index (χ4v) is 1.82. The number of likely N-dealkylation sites (tertiary alicyclic amines) is 1. The van der Waals surface area contributed by atoms with Crippen LogP contribution < -0.4 is 4.74 Å². The lowest BCUT2D eigenvalue weighted by Gasteiger charge is -2.38. The number of carbonyl (C=O) groups excluding carboxylic acids is 1. The van der Waals surface area contributed by atoms with E-state index >= 15 is 0 Å². The summed E-state index contributed by atoms with van der Waals surface area (Å²) in [4.78, 5) is 17.6. The summed E-state index contributed by atoms with van der Waals surface area (Å²) in [5.41, 5.74) is 0. The lowest BCUT2D eigenvalue weighted by Crippen LogP contribution is -2.56. The van der Waals surface area contributed by atoms with E-state index in [1.165, 1.54) is 6.26 Å². The van der Waals surface area contributed by atoms with Crippen LogP contribution in [-0.2, 0) is 0 Å². The maximum absolute atomic E-state index is 11.8. The number of ether oxygens (including phenoxy) is 1. The van der Waals surface area contributed by atoms with Crippen molar-refractivity contribution in [3.05, 3.63) is 48.6 Å². The SMILES string of the molecule is O=C(c1ccco1)N1CC(Oc2ccccn2)C1. The molecule has 1 aliphatic rings. The molecule has 2 aromatic heterocycles. The predicted octanol–water partition coefficient (Wildman–Crippen LogP) is 1.58. The van der Waals surface area contributed by atoms with Gasteiger partial charge >= 0.3 is 0 Å². The summed E-state index contributed by atoms with van der Waals surface area (Å²) in [5.74, 6) is 0.861. The second kappa shape index (κ2) is 4.52. The molecule has 3 rings (SSSR count). The molecule has 1 amide bonds. The summed E-state index contributed by atoms with van der Waals surface area (Å²) in [7, 11) is 0. The van der Waals surface area contributed by atoms with E-state index in [1.54, 1.807) is 29.3 Å². The standard InChI is InChI=1S/C13H12N2O3/c16-13(11-4-3-7-17-11)15-8-10(9-15)18-12-5-1-2-6-14-12/h1-7,10H,8-9H2. The number of hydrogen-bond donors (Lipinski definition) is 0. The van der Waals surface area contributed by atoms with Gasteiger partial charge in [-0.05, 0) is 18.2 Å². The molecule has 5 nitrogen and oxygen atoms in total. The highest BCUT2D eigenvalue weighted by Crippen LogP contribution is 2.18. The first kappa shape index (κ1) is 10.8. The summed E-state index contributed by atoms with van der Waals surface area (Å²) in [6.07, 6.45) is 3.19. The van der Waals surface area contributed by atoms with Crippen LogP contribution in [0, 0.1) is 0 Å². The van der Waals surface area contributed by atoms with Crippen molar-refractivity contribution in [2.45, 2.75) is 6.10 Å². The third kappa shape index (κ3) is 2.07. The van der Waals surface area contributed by atoms with Crippen LogP contribution in [0.1, 0.15) is 10.6 Å². The molecule has 0 aliphatic carbocycles. The second-order valence-electron chi connectivity index (χ2n) is 4.10. The average molecular weight is 244 g/mol. The van der Waals surface area contributed by atoms with Gasteiger partial charge in [0.05, 0.1) is 19.4 Å². The molecule has 0 radical (unpaired) electrons. The van der Waals surface area contributed by atoms with Crippen LogP contribution in [0.4, 0.5) is 0 Å². The minimum atomic E-state index is -0.0964. The van der Waals surface area contributed by atoms with Crippen molar-refractivity contribution in [3.63, 3.8) is 0 Å². The van der Waals surface area contributed by atoms with E-state index in [9.17, 15) is 4.79 Å². The van der Waals surface area contributed by atoms with Crippen molar-refractivity contribution < 1.29 is 13.9 Å². The van der Waals surface area contributed by atoms with E-state index in [0.29, 0.717) is 24.7 Å². The van der Waals surface area contributed by atoms with Gasteiger partial charge in [-0.15, -0.1) is 0 Å². The fourth-order valence-electron chi connectivity index (χ4n) is 1.82. The van der Waals surface area contributed by atoms with Gasteiger partial charge in [0.25, 0.3) is 5.91 Å². The molecule has 1 aliphatic heterocycles. The zero-order valence-corrected chi connectivity index (χ0v) is 9.65. The zero-order chi connectivity index (χ0) is 12.4. The van der Waals surface area contributed by atoms with Gasteiger partial charge in [0, 0.05) is 12.3 Å². The predicted molar refractivity (Wildman–Crippen MR) is 63.3 cm³/mol. The number of rotatable bonds is 3. The molecular weight excluding hydrogens is 232 g/mol. The van der Waals surface area contributed by atoms with E-state index in [4.69, 9.17) is 9.15 Å². The maximum Gasteiger partial charge on any atom is 0.289 e. The molecule has 1 fully saturated rings. The minimum Gasteiger partial charge on any atom is -0.471 e. The van der Waals surface area contributed by atoms with Crippen molar-refractivity contribution in [2.24, 2.45) is 0 Å². The minimum absolute atomic E-state index is 0.0128. The van der Waals surface area contributed by atoms with Gasteiger partial charge in [-0.3, -0.25) is 4.79 Å². The van der Waals surface area contributed by atoms with Gasteiger partial charge in [0.15, 0.2) is 5.76 Å². The van der Waals surface area contributed by atoms with Crippen LogP contribution in [0.5, 0.6) is 5.88 Å². The van der Waals surface area contributed by atoms with Gasteiger partial charge in [-0.1, -0.05) is 6.07 Å². The highest BCUT2D eigenvalue weighted by atomic mass is 16.5. The first-order chi connectivity index (χ1) is 8.83. The molecule has 5 heteroatoms. The number of amides is 1. The van der Waals surface area contributed by atoms with Crippen LogP contribution in [0.25, 0.3) is 0 Å². The lowest BCUT2D eigenvalue weighted by molar-refractivity contribution is 0.0138. The normalized spacial score (nSPS) is 15.2. The smallest absolute Gasteiger partial charge is 0.289 e. The lowest BCUT2D eigenvalue weighted by atomic mass is 10.1. The van der Waals surface area contributed by atoms with E-state index in [1.807, 2.05) is 12.1 Å². The number of nitrogens with zero attached hydrogens (tertiary/aromatic N) is 2. The molecule has 0 aromatic carbocycles. The summed E-state index contributed by atoms with van der Waals surface area (Å²) in [6, 6.07) is 8.87. The van der Waals surface area contributed by atoms with Gasteiger partial charge in [-0.2, -0.15) is 0 Å². The maximum atomic E-state index is 11.8. The number of hydrogen-bond acceptors (Lipinski definition) is 4. The second-order valence-corrected chi connectivity index (χ2v) is 4.10. The van der Waals surface area contributed by atoms with E-state index in [-0.39, 0.29) is 12.0 Å². The van der Waals surface area contributed by atoms with Crippen molar-refractivity contribution >= 4 is 5.91 Å². The number of aromatic nitrogens is 1. The summed E-state index contributed by atoms with van der Waals surface area (Å²) in [5, 5.41) is 0. The molecule has 0 saturated carbocycles. The molecule has 1 saturated heterocycles. The molecule has 0 atom stereocenters. The van der Waals surface area contributed by atoms with E-state index in [0.717, 1.165) is 0 Å². The van der Waals surface area contributed by atoms with Crippen LogP contribution in [0.15, 0.2) is 47.2 Å². The summed E-state index contributed by atoms with van der Waals surface area (Å²) >= 11 is 0. The monoisotopic (exact) mass is 244 g/mol. The van der Waals surface area contributed by atoms with Gasteiger partial charge < -0.3 is 14.1 Å². The Hall–Kier alpha value is -2.30. The topological polar surface area (TPSA) is 55.6 Å². The Bertz CT molecular complexity index is 518. The summed E-state index contributed by atoms with van der Waals surface area (Å²) < 4.78 is 10.7. The largest absolute Gasteiger partial charge is 0.471 e. The average Bonchev–Trinajstić information content (AvgIpc) is 2.87. The van der Waals surface area contributed by atoms with Crippen LogP contribution >= 0.6 is 0 Å². The molecule has 2 aromatic rings. The number of furan rings is 1. The van der Waals surface area contributed by atoms with Crippen molar-refractivity contribution in [1.29, 1.82) is 0 Å². The molecule has 3 heterocycles. The van der Waals surface area contributed by atoms with Gasteiger partial charge in [-0.25, -0.2) is 4.98 Å². The zero-order valence-electron chi connectivity index (χ0n) is 9.65. The Balaban J connectivity index is 1.53. The Labute approximate surface area is 104 Å². The van der Waals surface area contributed by atoms with E-state index < -0.39 is 0 Å². The molecule has 0 N–H and O–H groups in total. The first-order valence-corrected chi connectivity index (χ1v) is 5.73. The number of pyridine rings is 1. The third-order valence-electron chi connectivity index (χ3n) is 2.79. The molecular formula is C13H12N2O3. The van der Waals surface area contributed by atoms with Gasteiger partial charge in [0.2, 0.25) is 5.88 Å².